The Morgan fingerprint density at radius 3 is 2.50 bits per heavy atom. The number of hydrogen-bond donors (Lipinski definition) is 1. The topological polar surface area (TPSA) is 63.1 Å². The van der Waals surface area contributed by atoms with Crippen LogP contribution in [0.2, 0.25) is 0 Å². The van der Waals surface area contributed by atoms with E-state index >= 15 is 0 Å². The van der Waals surface area contributed by atoms with E-state index in [1.165, 1.54) is 25.7 Å². The Morgan fingerprint density at radius 2 is 1.73 bits per heavy atom. The number of carbonyl (C=O) groups excluding carboxylic acids is 1. The van der Waals surface area contributed by atoms with Crippen LogP contribution < -0.4 is 10.2 Å². The maximum Gasteiger partial charge on any atom is 0.225 e. The molecule has 2 fully saturated rings. The lowest BCUT2D eigenvalue weighted by atomic mass is 9.96. The smallest absolute Gasteiger partial charge is 0.225 e. The lowest BCUT2D eigenvalue weighted by molar-refractivity contribution is -0.126. The number of aromatic nitrogens is 3. The van der Waals surface area contributed by atoms with Gasteiger partial charge >= 0.3 is 0 Å². The van der Waals surface area contributed by atoms with Crippen LogP contribution in [-0.4, -0.2) is 39.8 Å². The predicted octanol–water partition coefficient (Wildman–Crippen LogP) is 3.38. The van der Waals surface area contributed by atoms with Gasteiger partial charge in [0, 0.05) is 31.5 Å². The first-order valence-corrected chi connectivity index (χ1v) is 10.6. The minimum Gasteiger partial charge on any atom is -0.353 e. The molecule has 1 saturated carbocycles. The number of anilines is 1. The molecule has 6 nitrogen and oxygen atoms in total. The molecule has 3 heterocycles. The van der Waals surface area contributed by atoms with E-state index in [1.54, 1.807) is 11.3 Å². The highest BCUT2D eigenvalue weighted by Crippen LogP contribution is 2.28. The molecule has 2 aromatic heterocycles. The first-order chi connectivity index (χ1) is 12.8. The number of hydrogen-bond acceptors (Lipinski definition) is 5. The predicted molar refractivity (Wildman–Crippen MR) is 104 cm³/mol. The fourth-order valence-corrected chi connectivity index (χ4v) is 4.86. The van der Waals surface area contributed by atoms with Crippen LogP contribution in [0.4, 0.5) is 5.13 Å². The quantitative estimate of drug-likeness (QED) is 0.835. The van der Waals surface area contributed by atoms with Crippen LogP contribution in [0, 0.1) is 5.92 Å². The van der Waals surface area contributed by atoms with E-state index in [2.05, 4.69) is 20.4 Å². The second-order valence-electron chi connectivity index (χ2n) is 7.44. The highest BCUT2D eigenvalue weighted by atomic mass is 32.1. The first-order valence-electron chi connectivity index (χ1n) is 9.82. The molecule has 1 amide bonds. The number of carbonyl (C=O) groups is 1. The van der Waals surface area contributed by atoms with Crippen molar-refractivity contribution in [3.63, 3.8) is 0 Å². The van der Waals surface area contributed by atoms with E-state index in [9.17, 15) is 4.79 Å². The van der Waals surface area contributed by atoms with Gasteiger partial charge in [0.15, 0.2) is 0 Å². The van der Waals surface area contributed by atoms with Crippen molar-refractivity contribution in [2.24, 2.45) is 5.92 Å². The molecule has 0 aromatic carbocycles. The third-order valence-corrected chi connectivity index (χ3v) is 6.49. The summed E-state index contributed by atoms with van der Waals surface area (Å²) in [5.41, 5.74) is 0. The summed E-state index contributed by atoms with van der Waals surface area (Å²) in [5, 5.41) is 13.8. The summed E-state index contributed by atoms with van der Waals surface area (Å²) < 4.78 is 1.97. The zero-order chi connectivity index (χ0) is 17.8. The van der Waals surface area contributed by atoms with Crippen LogP contribution in [0.3, 0.4) is 0 Å². The molecule has 1 saturated heterocycles. The molecule has 2 aliphatic rings. The Labute approximate surface area is 158 Å². The maximum absolute atomic E-state index is 12.8. The molecule has 4 rings (SSSR count). The van der Waals surface area contributed by atoms with Crippen LogP contribution in [0.1, 0.15) is 51.4 Å². The molecule has 140 valence electrons. The molecule has 1 N–H and O–H groups in total. The number of nitrogens with zero attached hydrogens (tertiary/aromatic N) is 4. The van der Waals surface area contributed by atoms with Crippen LogP contribution in [0.5, 0.6) is 0 Å². The third kappa shape index (κ3) is 4.09. The van der Waals surface area contributed by atoms with Gasteiger partial charge in [-0.1, -0.05) is 37.0 Å². The van der Waals surface area contributed by atoms with Crippen molar-refractivity contribution in [2.45, 2.75) is 57.4 Å². The molecule has 0 spiro atoms. The number of amides is 1. The largest absolute Gasteiger partial charge is 0.353 e. The molecule has 2 aromatic rings. The molecule has 0 radical (unpaired) electrons. The van der Waals surface area contributed by atoms with Crippen LogP contribution in [0.25, 0.3) is 5.13 Å². The monoisotopic (exact) mass is 373 g/mol. The van der Waals surface area contributed by atoms with Gasteiger partial charge in [-0.2, -0.15) is 0 Å². The Balaban J connectivity index is 1.37. The van der Waals surface area contributed by atoms with Crippen molar-refractivity contribution in [1.82, 2.24) is 20.1 Å². The van der Waals surface area contributed by atoms with Gasteiger partial charge in [-0.25, -0.2) is 0 Å². The minimum atomic E-state index is 0.0610. The van der Waals surface area contributed by atoms with Gasteiger partial charge in [-0.3, -0.25) is 9.36 Å². The van der Waals surface area contributed by atoms with E-state index in [4.69, 9.17) is 0 Å². The molecular weight excluding hydrogens is 346 g/mol. The zero-order valence-corrected chi connectivity index (χ0v) is 16.0. The molecule has 1 aliphatic heterocycles. The van der Waals surface area contributed by atoms with E-state index in [1.807, 2.05) is 29.1 Å². The maximum atomic E-state index is 12.8. The normalized spacial score (nSPS) is 22.2. The summed E-state index contributed by atoms with van der Waals surface area (Å²) in [6, 6.07) is 4.34. The van der Waals surface area contributed by atoms with Crippen molar-refractivity contribution in [2.75, 3.05) is 18.0 Å². The Morgan fingerprint density at radius 1 is 1.00 bits per heavy atom. The Hall–Kier alpha value is -1.89. The van der Waals surface area contributed by atoms with Crippen LogP contribution in [0.15, 0.2) is 24.5 Å². The molecular formula is C19H27N5OS. The summed E-state index contributed by atoms with van der Waals surface area (Å²) >= 11 is 1.58. The van der Waals surface area contributed by atoms with Crippen molar-refractivity contribution in [1.29, 1.82) is 0 Å². The van der Waals surface area contributed by atoms with Crippen LogP contribution in [-0.2, 0) is 4.79 Å². The van der Waals surface area contributed by atoms with Crippen molar-refractivity contribution < 1.29 is 4.79 Å². The summed E-state index contributed by atoms with van der Waals surface area (Å²) in [4.78, 5) is 15.0. The van der Waals surface area contributed by atoms with Crippen molar-refractivity contribution in [3.8, 4) is 5.13 Å². The van der Waals surface area contributed by atoms with E-state index < -0.39 is 0 Å². The van der Waals surface area contributed by atoms with Gasteiger partial charge < -0.3 is 10.2 Å². The Bertz CT molecular complexity index is 705. The molecule has 26 heavy (non-hydrogen) atoms. The highest BCUT2D eigenvalue weighted by molar-refractivity contribution is 7.17. The summed E-state index contributed by atoms with van der Waals surface area (Å²) in [6.45, 7) is 1.70. The number of nitrogens with one attached hydrogen (secondary N) is 1. The van der Waals surface area contributed by atoms with E-state index in [-0.39, 0.29) is 11.8 Å². The first kappa shape index (κ1) is 17.5. The van der Waals surface area contributed by atoms with Crippen LogP contribution >= 0.6 is 11.3 Å². The third-order valence-electron chi connectivity index (χ3n) is 5.49. The van der Waals surface area contributed by atoms with Gasteiger partial charge in [-0.15, -0.1) is 10.2 Å². The molecule has 1 atom stereocenters. The summed E-state index contributed by atoms with van der Waals surface area (Å²) in [5.74, 6) is 0.294. The summed E-state index contributed by atoms with van der Waals surface area (Å²) in [7, 11) is 0. The fourth-order valence-electron chi connectivity index (χ4n) is 4.01. The molecule has 0 bridgehead atoms. The van der Waals surface area contributed by atoms with Gasteiger partial charge in [-0.05, 0) is 37.8 Å². The standard InChI is InChI=1S/C19H27N5OS/c25-17(20-16-9-3-1-2-4-10-16)15-8-7-13-24(14-15)19-22-21-18(26-19)23-11-5-6-12-23/h5-6,11-12,15-16H,1-4,7-10,13-14H2,(H,20,25)/t15-/m0/s1. The van der Waals surface area contributed by atoms with Crippen molar-refractivity contribution in [3.05, 3.63) is 24.5 Å². The SMILES string of the molecule is O=C(NC1CCCCCC1)[C@H]1CCCN(c2nnc(-n3cccc3)s2)C1. The summed E-state index contributed by atoms with van der Waals surface area (Å²) in [6.07, 6.45) is 13.3. The Kier molecular flexibility index (Phi) is 5.53. The van der Waals surface area contributed by atoms with E-state index in [0.29, 0.717) is 6.04 Å². The lowest BCUT2D eigenvalue weighted by Gasteiger charge is -2.32. The second kappa shape index (κ2) is 8.20. The highest BCUT2D eigenvalue weighted by Gasteiger charge is 2.29. The molecule has 7 heteroatoms. The van der Waals surface area contributed by atoms with Gasteiger partial charge in [0.2, 0.25) is 16.2 Å². The number of piperidine rings is 1. The zero-order valence-electron chi connectivity index (χ0n) is 15.1. The average molecular weight is 374 g/mol. The van der Waals surface area contributed by atoms with E-state index in [0.717, 1.165) is 49.0 Å². The van der Waals surface area contributed by atoms with Crippen molar-refractivity contribution >= 4 is 22.4 Å². The second-order valence-corrected chi connectivity index (χ2v) is 8.37. The average Bonchev–Trinajstić information content (AvgIpc) is 3.30. The lowest BCUT2D eigenvalue weighted by Crippen LogP contribution is -2.46. The molecule has 0 unspecified atom stereocenters. The fraction of sp³-hybridized carbons (Fsp3) is 0.632. The van der Waals surface area contributed by atoms with Gasteiger partial charge in [0.1, 0.15) is 0 Å². The molecule has 1 aliphatic carbocycles. The minimum absolute atomic E-state index is 0.0610. The number of rotatable bonds is 4. The van der Waals surface area contributed by atoms with Gasteiger partial charge in [0.05, 0.1) is 5.92 Å². The van der Waals surface area contributed by atoms with Gasteiger partial charge in [0.25, 0.3) is 0 Å².